The van der Waals surface area contributed by atoms with Gasteiger partial charge >= 0.3 is 0 Å². The van der Waals surface area contributed by atoms with Gasteiger partial charge in [-0.3, -0.25) is 0 Å². The van der Waals surface area contributed by atoms with Crippen molar-refractivity contribution < 1.29 is 8.78 Å². The Morgan fingerprint density at radius 2 is 1.33 bits per heavy atom. The highest BCUT2D eigenvalue weighted by Crippen LogP contribution is 2.27. The molecule has 3 rings (SSSR count). The average Bonchev–Trinajstić information content (AvgIpc) is 2.62. The van der Waals surface area contributed by atoms with E-state index in [2.05, 4.69) is 10.4 Å². The molecule has 0 heterocycles. The number of nitrogens with zero attached hydrogens (tertiary/aromatic N) is 1. The van der Waals surface area contributed by atoms with Crippen LogP contribution in [0.2, 0.25) is 0 Å². The molecule has 5 heteroatoms. The van der Waals surface area contributed by atoms with Gasteiger partial charge in [0.1, 0.15) is 11.6 Å². The van der Waals surface area contributed by atoms with E-state index < -0.39 is 5.82 Å². The normalized spacial score (nSPS) is 11.3. The summed E-state index contributed by atoms with van der Waals surface area (Å²) in [6.07, 6.45) is 0. The van der Waals surface area contributed by atoms with Crippen molar-refractivity contribution in [1.29, 1.82) is 0 Å². The molecular formula is C19H15F2N3. The molecule has 3 N–H and O–H groups in total. The minimum Gasteiger partial charge on any atom is -0.336 e. The molecule has 3 aromatic carbocycles. The number of amidine groups is 1. The Bertz CT molecular complexity index is 891. The Morgan fingerprint density at radius 1 is 0.750 bits per heavy atom. The summed E-state index contributed by atoms with van der Waals surface area (Å²) in [5.74, 6) is 4.96. The SMILES string of the molecule is N/N=C(\Nc1ccccc1F)c1ccccc1-c1ccccc1F. The number of benzene rings is 3. The van der Waals surface area contributed by atoms with Crippen molar-refractivity contribution >= 4 is 11.5 Å². The molecule has 0 aromatic heterocycles. The van der Waals surface area contributed by atoms with Crippen LogP contribution in [0.3, 0.4) is 0 Å². The summed E-state index contributed by atoms with van der Waals surface area (Å²) in [5, 5.41) is 6.60. The fraction of sp³-hybridized carbons (Fsp3) is 0. The summed E-state index contributed by atoms with van der Waals surface area (Å²) in [6, 6.07) is 19.7. The van der Waals surface area contributed by atoms with Gasteiger partial charge in [0.05, 0.1) is 5.69 Å². The number of nitrogens with one attached hydrogen (secondary N) is 1. The molecule has 120 valence electrons. The third-order valence-electron chi connectivity index (χ3n) is 3.60. The van der Waals surface area contributed by atoms with Crippen LogP contribution in [-0.2, 0) is 0 Å². The van der Waals surface area contributed by atoms with Crippen LogP contribution in [0, 0.1) is 11.6 Å². The van der Waals surface area contributed by atoms with E-state index in [1.54, 1.807) is 60.7 Å². The molecule has 0 atom stereocenters. The van der Waals surface area contributed by atoms with Crippen molar-refractivity contribution in [3.63, 3.8) is 0 Å². The third kappa shape index (κ3) is 3.10. The van der Waals surface area contributed by atoms with Crippen LogP contribution in [-0.4, -0.2) is 5.84 Å². The number of nitrogens with two attached hydrogens (primary N) is 1. The largest absolute Gasteiger partial charge is 0.336 e. The topological polar surface area (TPSA) is 50.4 Å². The quantitative estimate of drug-likeness (QED) is 0.325. The number of para-hydroxylation sites is 1. The summed E-state index contributed by atoms with van der Waals surface area (Å²) in [5.41, 5.74) is 1.85. The van der Waals surface area contributed by atoms with Gasteiger partial charge in [0.15, 0.2) is 5.84 Å². The summed E-state index contributed by atoms with van der Waals surface area (Å²) in [6.45, 7) is 0. The highest BCUT2D eigenvalue weighted by molar-refractivity contribution is 6.12. The van der Waals surface area contributed by atoms with Crippen LogP contribution in [0.1, 0.15) is 5.56 Å². The molecule has 0 radical (unpaired) electrons. The Balaban J connectivity index is 2.06. The molecule has 0 bridgehead atoms. The van der Waals surface area contributed by atoms with Crippen LogP contribution < -0.4 is 11.2 Å². The standard InChI is InChI=1S/C19H15F2N3/c20-16-10-4-3-8-14(16)13-7-1-2-9-15(13)19(24-22)23-18-12-6-5-11-17(18)21/h1-12H,22H2,(H,23,24). The van der Waals surface area contributed by atoms with E-state index >= 15 is 0 Å². The molecule has 3 aromatic rings. The Morgan fingerprint density at radius 3 is 2.00 bits per heavy atom. The highest BCUT2D eigenvalue weighted by atomic mass is 19.1. The van der Waals surface area contributed by atoms with E-state index in [1.165, 1.54) is 12.1 Å². The van der Waals surface area contributed by atoms with E-state index in [0.29, 0.717) is 16.7 Å². The minimum absolute atomic E-state index is 0.241. The van der Waals surface area contributed by atoms with E-state index in [0.717, 1.165) is 0 Å². The van der Waals surface area contributed by atoms with E-state index in [1.807, 2.05) is 0 Å². The maximum Gasteiger partial charge on any atom is 0.157 e. The molecule has 0 aliphatic rings. The zero-order valence-electron chi connectivity index (χ0n) is 12.7. The fourth-order valence-electron chi connectivity index (χ4n) is 2.46. The lowest BCUT2D eigenvalue weighted by Gasteiger charge is -2.14. The molecule has 0 amide bonds. The second-order valence-corrected chi connectivity index (χ2v) is 5.11. The van der Waals surface area contributed by atoms with Crippen molar-refractivity contribution in [2.24, 2.45) is 10.9 Å². The Hall–Kier alpha value is -3.21. The molecule has 0 unspecified atom stereocenters. The molecule has 0 saturated heterocycles. The lowest BCUT2D eigenvalue weighted by atomic mass is 9.98. The maximum absolute atomic E-state index is 14.2. The van der Waals surface area contributed by atoms with Gasteiger partial charge in [-0.05, 0) is 23.8 Å². The molecule has 0 aliphatic carbocycles. The minimum atomic E-state index is -0.429. The number of hydrogen-bond donors (Lipinski definition) is 2. The first-order valence-electron chi connectivity index (χ1n) is 7.34. The smallest absolute Gasteiger partial charge is 0.157 e. The van der Waals surface area contributed by atoms with Crippen molar-refractivity contribution in [2.45, 2.75) is 0 Å². The van der Waals surface area contributed by atoms with Crippen LogP contribution >= 0.6 is 0 Å². The second kappa shape index (κ2) is 6.91. The maximum atomic E-state index is 14.2. The first-order valence-corrected chi connectivity index (χ1v) is 7.34. The average molecular weight is 323 g/mol. The summed E-state index contributed by atoms with van der Waals surface area (Å²) < 4.78 is 28.0. The lowest BCUT2D eigenvalue weighted by Crippen LogP contribution is -2.17. The zero-order chi connectivity index (χ0) is 16.9. The molecule has 0 fully saturated rings. The highest BCUT2D eigenvalue weighted by Gasteiger charge is 2.14. The van der Waals surface area contributed by atoms with E-state index in [9.17, 15) is 8.78 Å². The van der Waals surface area contributed by atoms with Gasteiger partial charge in [0.25, 0.3) is 0 Å². The van der Waals surface area contributed by atoms with Crippen LogP contribution in [0.4, 0.5) is 14.5 Å². The molecule has 0 spiro atoms. The zero-order valence-corrected chi connectivity index (χ0v) is 12.7. The summed E-state index contributed by atoms with van der Waals surface area (Å²) in [4.78, 5) is 0. The number of halogens is 2. The van der Waals surface area contributed by atoms with Crippen molar-refractivity contribution in [3.8, 4) is 11.1 Å². The van der Waals surface area contributed by atoms with Gasteiger partial charge in [-0.1, -0.05) is 54.6 Å². The molecule has 0 saturated carbocycles. The molecule has 24 heavy (non-hydrogen) atoms. The predicted molar refractivity (Wildman–Crippen MR) is 92.6 cm³/mol. The lowest BCUT2D eigenvalue weighted by molar-refractivity contribution is 0.631. The number of hydrogen-bond acceptors (Lipinski definition) is 2. The fourth-order valence-corrected chi connectivity index (χ4v) is 2.46. The third-order valence-corrected chi connectivity index (χ3v) is 3.60. The van der Waals surface area contributed by atoms with E-state index in [-0.39, 0.29) is 17.3 Å². The molecule has 3 nitrogen and oxygen atoms in total. The second-order valence-electron chi connectivity index (χ2n) is 5.11. The molecule has 0 aliphatic heterocycles. The van der Waals surface area contributed by atoms with Gasteiger partial charge in [-0.25, -0.2) is 8.78 Å². The van der Waals surface area contributed by atoms with Crippen LogP contribution in [0.5, 0.6) is 0 Å². The first kappa shape index (κ1) is 15.7. The number of anilines is 1. The van der Waals surface area contributed by atoms with Crippen molar-refractivity contribution in [3.05, 3.63) is 90.0 Å². The first-order chi connectivity index (χ1) is 11.7. The van der Waals surface area contributed by atoms with Crippen molar-refractivity contribution in [2.75, 3.05) is 5.32 Å². The summed E-state index contributed by atoms with van der Waals surface area (Å²) in [7, 11) is 0. The Kier molecular flexibility index (Phi) is 4.52. The van der Waals surface area contributed by atoms with Crippen LogP contribution in [0.25, 0.3) is 11.1 Å². The van der Waals surface area contributed by atoms with Gasteiger partial charge in [-0.15, -0.1) is 0 Å². The van der Waals surface area contributed by atoms with E-state index in [4.69, 9.17) is 5.84 Å². The van der Waals surface area contributed by atoms with Gasteiger partial charge in [-0.2, -0.15) is 5.10 Å². The van der Waals surface area contributed by atoms with Gasteiger partial charge in [0.2, 0.25) is 0 Å². The Labute approximate surface area is 138 Å². The number of hydrazone groups is 1. The van der Waals surface area contributed by atoms with Gasteiger partial charge < -0.3 is 11.2 Å². The predicted octanol–water partition coefficient (Wildman–Crippen LogP) is 4.36. The van der Waals surface area contributed by atoms with Crippen LogP contribution in [0.15, 0.2) is 77.9 Å². The van der Waals surface area contributed by atoms with Crippen molar-refractivity contribution in [1.82, 2.24) is 0 Å². The number of rotatable bonds is 3. The molecular weight excluding hydrogens is 308 g/mol. The monoisotopic (exact) mass is 323 g/mol. The summed E-state index contributed by atoms with van der Waals surface area (Å²) >= 11 is 0. The van der Waals surface area contributed by atoms with Gasteiger partial charge in [0, 0.05) is 11.1 Å².